The van der Waals surface area contributed by atoms with E-state index in [-0.39, 0.29) is 47.2 Å². The molecule has 276 valence electrons. The molecule has 0 radical (unpaired) electrons. The van der Waals surface area contributed by atoms with E-state index in [0.29, 0.717) is 0 Å². The van der Waals surface area contributed by atoms with Crippen molar-refractivity contribution in [2.75, 3.05) is 21.3 Å². The first-order chi connectivity index (χ1) is 24.1. The number of alkyl carbamates (subject to hydrolysis) is 1. The maximum atomic E-state index is 13.5. The molecule has 51 heavy (non-hydrogen) atoms. The zero-order valence-corrected chi connectivity index (χ0v) is 30.3. The van der Waals surface area contributed by atoms with Crippen LogP contribution in [0.4, 0.5) is 9.59 Å². The van der Waals surface area contributed by atoms with Gasteiger partial charge in [0.1, 0.15) is 18.2 Å². The first kappa shape index (κ1) is 39.0. The van der Waals surface area contributed by atoms with E-state index in [2.05, 4.69) is 10.6 Å². The Bertz CT molecular complexity index is 1640. The molecule has 0 unspecified atom stereocenters. The van der Waals surface area contributed by atoms with E-state index >= 15 is 0 Å². The third-order valence-electron chi connectivity index (χ3n) is 8.30. The van der Waals surface area contributed by atoms with Gasteiger partial charge in [-0.1, -0.05) is 53.5 Å². The lowest BCUT2D eigenvalue weighted by Gasteiger charge is -2.35. The van der Waals surface area contributed by atoms with Crippen LogP contribution in [0.5, 0.6) is 5.75 Å². The highest BCUT2D eigenvalue weighted by atomic mass is 35.5. The number of fused-ring (bicyclic) bond motifs is 1. The van der Waals surface area contributed by atoms with Crippen LogP contribution in [0.3, 0.4) is 0 Å². The lowest BCUT2D eigenvalue weighted by molar-refractivity contribution is -0.158. The van der Waals surface area contributed by atoms with Crippen molar-refractivity contribution in [1.82, 2.24) is 15.5 Å². The molecule has 2 saturated heterocycles. The summed E-state index contributed by atoms with van der Waals surface area (Å²) in [4.78, 5) is 80.2. The van der Waals surface area contributed by atoms with E-state index in [1.807, 2.05) is 30.3 Å². The molecule has 2 heterocycles. The Hall–Kier alpha value is -4.76. The summed E-state index contributed by atoms with van der Waals surface area (Å²) in [6, 6.07) is 7.95. The Kier molecular flexibility index (Phi) is 12.3. The Labute approximate surface area is 304 Å². The molecular weight excluding hydrogens is 713 g/mol. The largest absolute Gasteiger partial charge is 0.486 e. The second kappa shape index (κ2) is 16.1. The number of nitrogens with zero attached hydrogens (tertiary/aromatic N) is 1. The molecule has 2 fully saturated rings. The Morgan fingerprint density at radius 1 is 0.961 bits per heavy atom. The van der Waals surface area contributed by atoms with Crippen LogP contribution in [-0.2, 0) is 44.7 Å². The molecule has 4 rings (SSSR count). The molecule has 15 nitrogen and oxygen atoms in total. The maximum Gasteiger partial charge on any atom is 0.411 e. The maximum absolute atomic E-state index is 13.5. The number of rotatable bonds is 12. The van der Waals surface area contributed by atoms with Crippen LogP contribution >= 0.6 is 23.2 Å². The second-order valence-electron chi connectivity index (χ2n) is 12.8. The molecule has 5 atom stereocenters. The number of methoxy groups -OCH3 is 3. The van der Waals surface area contributed by atoms with Crippen molar-refractivity contribution in [3.63, 3.8) is 0 Å². The molecule has 2 aromatic rings. The Morgan fingerprint density at radius 2 is 1.59 bits per heavy atom. The van der Waals surface area contributed by atoms with Gasteiger partial charge in [-0.25, -0.2) is 24.0 Å². The van der Waals surface area contributed by atoms with Crippen molar-refractivity contribution >= 4 is 59.2 Å². The zero-order chi connectivity index (χ0) is 37.7. The second-order valence-corrected chi connectivity index (χ2v) is 13.6. The van der Waals surface area contributed by atoms with E-state index in [4.69, 9.17) is 51.6 Å². The van der Waals surface area contributed by atoms with Crippen LogP contribution in [0.2, 0.25) is 10.0 Å². The normalized spacial score (nSPS) is 20.6. The van der Waals surface area contributed by atoms with E-state index in [9.17, 15) is 28.8 Å². The van der Waals surface area contributed by atoms with Gasteiger partial charge in [-0.05, 0) is 57.7 Å². The van der Waals surface area contributed by atoms with Crippen LogP contribution in [0.1, 0.15) is 56.0 Å². The van der Waals surface area contributed by atoms with Crippen molar-refractivity contribution in [1.29, 1.82) is 0 Å². The van der Waals surface area contributed by atoms with Gasteiger partial charge in [0.15, 0.2) is 23.4 Å². The highest BCUT2D eigenvalue weighted by molar-refractivity contribution is 6.37. The number of carbonyl (C=O) groups excluding carboxylic acids is 6. The fraction of sp³-hybridized carbons (Fsp3) is 0.471. The third kappa shape index (κ3) is 8.59. The standard InChI is InChI=1S/C34H39Cl2N3O12/c1-33(2,3)51-31(44)38-24(29(42)47-5)26-34(30(43)48-6)13-12-20(39(34)32(45)50-26)16-23(28(41)46-4)37-27(40)19-14-21(35)25(22(36)15-19)49-17-18-10-8-7-9-11-18/h7-11,14-15,20,23-24,26H,12-13,16-17H2,1-6H3,(H,37,40)(H,38,44)/t20-,23+,24-,26+,34-/m1/s1. The summed E-state index contributed by atoms with van der Waals surface area (Å²) in [5.41, 5.74) is -2.03. The monoisotopic (exact) mass is 751 g/mol. The summed E-state index contributed by atoms with van der Waals surface area (Å²) < 4.78 is 31.5. The number of benzene rings is 2. The predicted molar refractivity (Wildman–Crippen MR) is 180 cm³/mol. The van der Waals surface area contributed by atoms with E-state index in [1.54, 1.807) is 20.8 Å². The average molecular weight is 753 g/mol. The number of ether oxygens (including phenoxy) is 6. The van der Waals surface area contributed by atoms with E-state index in [1.165, 1.54) is 12.1 Å². The smallest absolute Gasteiger partial charge is 0.411 e. The Morgan fingerprint density at radius 3 is 2.16 bits per heavy atom. The number of halogens is 2. The van der Waals surface area contributed by atoms with Crippen LogP contribution in [0.15, 0.2) is 42.5 Å². The molecule has 17 heteroatoms. The third-order valence-corrected chi connectivity index (χ3v) is 8.86. The minimum Gasteiger partial charge on any atom is -0.486 e. The minimum absolute atomic E-state index is 0.00363. The number of cyclic esters (lactones) is 1. The van der Waals surface area contributed by atoms with Gasteiger partial charge >= 0.3 is 30.1 Å². The van der Waals surface area contributed by atoms with Gasteiger partial charge in [0, 0.05) is 11.6 Å². The number of carbonyl (C=O) groups is 6. The number of hydrogen-bond donors (Lipinski definition) is 2. The molecule has 0 aromatic heterocycles. The van der Waals surface area contributed by atoms with Gasteiger partial charge in [0.25, 0.3) is 5.91 Å². The summed E-state index contributed by atoms with van der Waals surface area (Å²) in [5.74, 6) is -3.43. The fourth-order valence-corrected chi connectivity index (χ4v) is 6.72. The molecular formula is C34H39Cl2N3O12. The average Bonchev–Trinajstić information content (AvgIpc) is 3.61. The predicted octanol–water partition coefficient (Wildman–Crippen LogP) is 4.20. The van der Waals surface area contributed by atoms with Crippen molar-refractivity contribution in [3.05, 3.63) is 63.6 Å². The fourth-order valence-electron chi connectivity index (χ4n) is 6.12. The molecule has 2 aliphatic heterocycles. The van der Waals surface area contributed by atoms with Gasteiger partial charge in [-0.3, -0.25) is 9.69 Å². The van der Waals surface area contributed by atoms with E-state index < -0.39 is 71.4 Å². The Balaban J connectivity index is 1.58. The first-order valence-corrected chi connectivity index (χ1v) is 16.5. The van der Waals surface area contributed by atoms with Crippen molar-refractivity contribution in [2.45, 2.75) is 82.0 Å². The van der Waals surface area contributed by atoms with Crippen molar-refractivity contribution < 1.29 is 57.2 Å². The lowest BCUT2D eigenvalue weighted by Crippen LogP contribution is -2.64. The van der Waals surface area contributed by atoms with Gasteiger partial charge in [0.05, 0.1) is 31.4 Å². The quantitative estimate of drug-likeness (QED) is 0.233. The summed E-state index contributed by atoms with van der Waals surface area (Å²) in [6.07, 6.45) is -3.96. The highest BCUT2D eigenvalue weighted by Crippen LogP contribution is 2.47. The minimum atomic E-state index is -1.94. The summed E-state index contributed by atoms with van der Waals surface area (Å²) in [5, 5.41) is 5.03. The first-order valence-electron chi connectivity index (χ1n) is 15.8. The number of amides is 3. The lowest BCUT2D eigenvalue weighted by atomic mass is 9.85. The molecule has 2 N–H and O–H groups in total. The molecule has 0 spiro atoms. The summed E-state index contributed by atoms with van der Waals surface area (Å²) >= 11 is 12.9. The van der Waals surface area contributed by atoms with Crippen molar-refractivity contribution in [2.24, 2.45) is 0 Å². The topological polar surface area (TPSA) is 185 Å². The number of nitrogens with one attached hydrogen (secondary N) is 2. The molecule has 2 aromatic carbocycles. The molecule has 0 bridgehead atoms. The van der Waals surface area contributed by atoms with Gasteiger partial charge in [-0.2, -0.15) is 0 Å². The van der Waals surface area contributed by atoms with Gasteiger partial charge in [-0.15, -0.1) is 0 Å². The van der Waals surface area contributed by atoms with Gasteiger partial charge < -0.3 is 39.1 Å². The van der Waals surface area contributed by atoms with Gasteiger partial charge in [0.2, 0.25) is 0 Å². The van der Waals surface area contributed by atoms with Crippen LogP contribution in [0, 0.1) is 0 Å². The number of hydrogen-bond acceptors (Lipinski definition) is 12. The van der Waals surface area contributed by atoms with Crippen LogP contribution in [0.25, 0.3) is 0 Å². The summed E-state index contributed by atoms with van der Waals surface area (Å²) in [6.45, 7) is 4.97. The highest BCUT2D eigenvalue weighted by Gasteiger charge is 2.69. The number of esters is 3. The molecule has 3 amide bonds. The van der Waals surface area contributed by atoms with Crippen LogP contribution < -0.4 is 15.4 Å². The SMILES string of the molecule is COC(=O)[C@H](C[C@H]1CC[C@]2(C(=O)OC)[C@H]([C@@H](NC(=O)OC(C)(C)C)C(=O)OC)OC(=O)N12)NC(=O)c1cc(Cl)c(OCc2ccccc2)c(Cl)c1. The van der Waals surface area contributed by atoms with E-state index in [0.717, 1.165) is 31.8 Å². The van der Waals surface area contributed by atoms with Crippen LogP contribution in [-0.4, -0.2) is 97.6 Å². The molecule has 2 aliphatic rings. The summed E-state index contributed by atoms with van der Waals surface area (Å²) in [7, 11) is 3.26. The molecule has 0 aliphatic carbocycles. The van der Waals surface area contributed by atoms with Crippen molar-refractivity contribution in [3.8, 4) is 5.75 Å². The zero-order valence-electron chi connectivity index (χ0n) is 28.8. The molecule has 0 saturated carbocycles.